The standard InChI is InChI=1S/C12H17F3N2O2S/c1-8-4-5-10(12(13,14)15)6-11(8)17-20(18,19)9(2)7-16-3/h4-6,9,16-17H,7H2,1-3H3. The van der Waals surface area contributed by atoms with Crippen molar-refractivity contribution in [3.05, 3.63) is 29.3 Å². The number of anilines is 1. The Labute approximate surface area is 116 Å². The van der Waals surface area contributed by atoms with Gasteiger partial charge in [0.05, 0.1) is 16.5 Å². The number of hydrogen-bond donors (Lipinski definition) is 2. The summed E-state index contributed by atoms with van der Waals surface area (Å²) in [4.78, 5) is 0. The predicted molar refractivity (Wildman–Crippen MR) is 72.1 cm³/mol. The van der Waals surface area contributed by atoms with Crippen LogP contribution in [0.3, 0.4) is 0 Å². The monoisotopic (exact) mass is 310 g/mol. The third-order valence-corrected chi connectivity index (χ3v) is 4.57. The van der Waals surface area contributed by atoms with E-state index in [-0.39, 0.29) is 12.2 Å². The lowest BCUT2D eigenvalue weighted by atomic mass is 10.1. The van der Waals surface area contributed by atoms with E-state index in [2.05, 4.69) is 10.0 Å². The fourth-order valence-electron chi connectivity index (χ4n) is 1.56. The Morgan fingerprint density at radius 2 is 1.90 bits per heavy atom. The number of rotatable bonds is 5. The van der Waals surface area contributed by atoms with Crippen LogP contribution in [-0.4, -0.2) is 27.3 Å². The highest BCUT2D eigenvalue weighted by molar-refractivity contribution is 7.93. The Morgan fingerprint density at radius 3 is 2.40 bits per heavy atom. The van der Waals surface area contributed by atoms with Crippen molar-refractivity contribution in [2.45, 2.75) is 25.3 Å². The average Bonchev–Trinajstić information content (AvgIpc) is 2.30. The molecule has 0 saturated heterocycles. The van der Waals surface area contributed by atoms with Gasteiger partial charge in [0, 0.05) is 6.54 Å². The lowest BCUT2D eigenvalue weighted by Gasteiger charge is -2.17. The van der Waals surface area contributed by atoms with Gasteiger partial charge >= 0.3 is 6.18 Å². The molecule has 4 nitrogen and oxygen atoms in total. The van der Waals surface area contributed by atoms with Crippen molar-refractivity contribution in [2.24, 2.45) is 0 Å². The first-order valence-electron chi connectivity index (χ1n) is 5.92. The van der Waals surface area contributed by atoms with E-state index in [1.807, 2.05) is 0 Å². The largest absolute Gasteiger partial charge is 0.416 e. The summed E-state index contributed by atoms with van der Waals surface area (Å²) in [6.45, 7) is 3.22. The first-order valence-corrected chi connectivity index (χ1v) is 7.46. The van der Waals surface area contributed by atoms with Gasteiger partial charge in [-0.1, -0.05) is 6.07 Å². The molecule has 1 unspecified atom stereocenters. The van der Waals surface area contributed by atoms with Crippen molar-refractivity contribution < 1.29 is 21.6 Å². The lowest BCUT2D eigenvalue weighted by molar-refractivity contribution is -0.137. The van der Waals surface area contributed by atoms with Gasteiger partial charge in [-0.05, 0) is 38.6 Å². The van der Waals surface area contributed by atoms with Crippen molar-refractivity contribution in [3.8, 4) is 0 Å². The molecule has 114 valence electrons. The molecule has 0 spiro atoms. The minimum absolute atomic E-state index is 0.0530. The van der Waals surface area contributed by atoms with E-state index in [1.54, 1.807) is 14.0 Å². The van der Waals surface area contributed by atoms with Gasteiger partial charge < -0.3 is 5.32 Å². The van der Waals surface area contributed by atoms with Crippen LogP contribution >= 0.6 is 0 Å². The molecular formula is C12H17F3N2O2S. The second-order valence-electron chi connectivity index (χ2n) is 4.54. The Kier molecular flexibility index (Phi) is 5.04. The van der Waals surface area contributed by atoms with E-state index in [4.69, 9.17) is 0 Å². The molecule has 1 atom stereocenters. The van der Waals surface area contributed by atoms with Crippen LogP contribution in [-0.2, 0) is 16.2 Å². The number of alkyl halides is 3. The summed E-state index contributed by atoms with van der Waals surface area (Å²) in [7, 11) is -2.14. The van der Waals surface area contributed by atoms with Crippen LogP contribution < -0.4 is 10.0 Å². The quantitative estimate of drug-likeness (QED) is 0.878. The molecule has 1 rings (SSSR count). The Morgan fingerprint density at radius 1 is 1.30 bits per heavy atom. The summed E-state index contributed by atoms with van der Waals surface area (Å²) in [5.41, 5.74) is -0.511. The molecule has 0 aliphatic carbocycles. The molecule has 0 amide bonds. The maximum absolute atomic E-state index is 12.6. The van der Waals surface area contributed by atoms with E-state index >= 15 is 0 Å². The van der Waals surface area contributed by atoms with Gasteiger partial charge in [-0.15, -0.1) is 0 Å². The predicted octanol–water partition coefficient (Wildman–Crippen LogP) is 2.36. The SMILES string of the molecule is CNCC(C)S(=O)(=O)Nc1cc(C(F)(F)F)ccc1C. The Hall–Kier alpha value is -1.28. The number of hydrogen-bond acceptors (Lipinski definition) is 3. The van der Waals surface area contributed by atoms with Gasteiger partial charge in [-0.25, -0.2) is 8.42 Å². The molecule has 0 heterocycles. The summed E-state index contributed by atoms with van der Waals surface area (Å²) in [6.07, 6.45) is -4.51. The van der Waals surface area contributed by atoms with Gasteiger partial charge in [-0.3, -0.25) is 4.72 Å². The molecule has 0 aliphatic heterocycles. The van der Waals surface area contributed by atoms with Gasteiger partial charge in [0.2, 0.25) is 10.0 Å². The van der Waals surface area contributed by atoms with Crippen LogP contribution in [0, 0.1) is 6.92 Å². The van der Waals surface area contributed by atoms with Gasteiger partial charge in [0.25, 0.3) is 0 Å². The van der Waals surface area contributed by atoms with Crippen LogP contribution in [0.4, 0.5) is 18.9 Å². The van der Waals surface area contributed by atoms with Crippen LogP contribution in [0.5, 0.6) is 0 Å². The van der Waals surface area contributed by atoms with Crippen LogP contribution in [0.25, 0.3) is 0 Å². The fraction of sp³-hybridized carbons (Fsp3) is 0.500. The Balaban J connectivity index is 3.09. The molecule has 1 aromatic carbocycles. The van der Waals surface area contributed by atoms with Gasteiger partial charge in [0.15, 0.2) is 0 Å². The molecule has 1 aromatic rings. The summed E-state index contributed by atoms with van der Waals surface area (Å²) in [5, 5.41) is 1.95. The molecule has 2 N–H and O–H groups in total. The zero-order chi connectivity index (χ0) is 15.6. The van der Waals surface area contributed by atoms with Crippen LogP contribution in [0.15, 0.2) is 18.2 Å². The minimum atomic E-state index is -4.51. The van der Waals surface area contributed by atoms with Crippen molar-refractivity contribution in [1.82, 2.24) is 5.32 Å². The minimum Gasteiger partial charge on any atom is -0.318 e. The van der Waals surface area contributed by atoms with E-state index in [0.717, 1.165) is 12.1 Å². The maximum atomic E-state index is 12.6. The third kappa shape index (κ3) is 4.11. The first kappa shape index (κ1) is 16.8. The molecule has 0 radical (unpaired) electrons. The zero-order valence-electron chi connectivity index (χ0n) is 11.4. The van der Waals surface area contributed by atoms with Crippen molar-refractivity contribution in [3.63, 3.8) is 0 Å². The van der Waals surface area contributed by atoms with Crippen LogP contribution in [0.2, 0.25) is 0 Å². The molecule has 0 bridgehead atoms. The summed E-state index contributed by atoms with van der Waals surface area (Å²) >= 11 is 0. The summed E-state index contributed by atoms with van der Waals surface area (Å²) in [5.74, 6) is 0. The topological polar surface area (TPSA) is 58.2 Å². The molecule has 8 heteroatoms. The number of halogens is 3. The molecule has 20 heavy (non-hydrogen) atoms. The second kappa shape index (κ2) is 6.01. The highest BCUT2D eigenvalue weighted by Crippen LogP contribution is 2.32. The summed E-state index contributed by atoms with van der Waals surface area (Å²) in [6, 6.07) is 2.96. The van der Waals surface area contributed by atoms with E-state index in [9.17, 15) is 21.6 Å². The van der Waals surface area contributed by atoms with Gasteiger partial charge in [-0.2, -0.15) is 13.2 Å². The number of sulfonamides is 1. The van der Waals surface area contributed by atoms with Gasteiger partial charge in [0.1, 0.15) is 0 Å². The first-order chi connectivity index (χ1) is 9.08. The molecule has 0 aromatic heterocycles. The molecular weight excluding hydrogens is 293 g/mol. The van der Waals surface area contributed by atoms with E-state index < -0.39 is 27.0 Å². The van der Waals surface area contributed by atoms with E-state index in [0.29, 0.717) is 5.56 Å². The summed E-state index contributed by atoms with van der Waals surface area (Å²) < 4.78 is 64.0. The van der Waals surface area contributed by atoms with Crippen LogP contribution in [0.1, 0.15) is 18.1 Å². The van der Waals surface area contributed by atoms with Crippen molar-refractivity contribution in [2.75, 3.05) is 18.3 Å². The number of benzene rings is 1. The third-order valence-electron chi connectivity index (χ3n) is 2.84. The average molecular weight is 310 g/mol. The fourth-order valence-corrected chi connectivity index (χ4v) is 2.67. The smallest absolute Gasteiger partial charge is 0.318 e. The van der Waals surface area contributed by atoms with Crippen molar-refractivity contribution >= 4 is 15.7 Å². The maximum Gasteiger partial charge on any atom is 0.416 e. The normalized spacial score (nSPS) is 14.1. The second-order valence-corrected chi connectivity index (χ2v) is 6.64. The zero-order valence-corrected chi connectivity index (χ0v) is 12.2. The van der Waals surface area contributed by atoms with E-state index in [1.165, 1.54) is 13.0 Å². The van der Waals surface area contributed by atoms with Crippen molar-refractivity contribution in [1.29, 1.82) is 0 Å². The lowest BCUT2D eigenvalue weighted by Crippen LogP contribution is -2.33. The number of aryl methyl sites for hydroxylation is 1. The Bertz CT molecular complexity index is 571. The highest BCUT2D eigenvalue weighted by atomic mass is 32.2. The molecule has 0 fully saturated rings. The molecule has 0 saturated carbocycles. The molecule has 0 aliphatic rings. The number of nitrogens with one attached hydrogen (secondary N) is 2. The highest BCUT2D eigenvalue weighted by Gasteiger charge is 2.31.